The summed E-state index contributed by atoms with van der Waals surface area (Å²) in [5, 5.41) is 11.6. The Hall–Kier alpha value is -2.98. The average molecular weight is 435 g/mol. The second-order valence-electron chi connectivity index (χ2n) is 5.90. The first kappa shape index (κ1) is 19.3. The number of phenolic OH excluding ortho intramolecular Hbond substituents is 1. The van der Waals surface area contributed by atoms with E-state index >= 15 is 0 Å². The summed E-state index contributed by atoms with van der Waals surface area (Å²) in [5.41, 5.74) is 0.863. The molecule has 0 fully saturated rings. The quantitative estimate of drug-likeness (QED) is 0.429. The van der Waals surface area contributed by atoms with Gasteiger partial charge in [-0.15, -0.1) is 22.7 Å². The predicted octanol–water partition coefficient (Wildman–Crippen LogP) is 5.34. The van der Waals surface area contributed by atoms with Gasteiger partial charge in [0, 0.05) is 17.6 Å². The lowest BCUT2D eigenvalue weighted by Crippen LogP contribution is -1.96. The number of pyridine rings is 1. The molecule has 3 aromatic heterocycles. The van der Waals surface area contributed by atoms with Gasteiger partial charge in [0.05, 0.1) is 21.8 Å². The van der Waals surface area contributed by atoms with E-state index in [1.807, 2.05) is 6.07 Å². The number of rotatable bonds is 5. The summed E-state index contributed by atoms with van der Waals surface area (Å²) in [7, 11) is 0. The number of hydrogen-bond acceptors (Lipinski definition) is 7. The van der Waals surface area contributed by atoms with E-state index in [1.165, 1.54) is 11.3 Å². The van der Waals surface area contributed by atoms with Crippen molar-refractivity contribution in [1.82, 2.24) is 15.0 Å². The highest BCUT2D eigenvalue weighted by atomic mass is 32.1. The van der Waals surface area contributed by atoms with Crippen molar-refractivity contribution in [3.05, 3.63) is 64.0 Å². The van der Waals surface area contributed by atoms with E-state index in [4.69, 9.17) is 4.74 Å². The third-order valence-corrected chi connectivity index (χ3v) is 5.95. The molecule has 1 N–H and O–H groups in total. The molecule has 0 saturated heterocycles. The monoisotopic (exact) mass is 435 g/mol. The van der Waals surface area contributed by atoms with Crippen LogP contribution < -0.4 is 4.74 Å². The first-order valence-electron chi connectivity index (χ1n) is 8.27. The van der Waals surface area contributed by atoms with Crippen molar-refractivity contribution in [2.24, 2.45) is 0 Å². The zero-order chi connectivity index (χ0) is 20.5. The van der Waals surface area contributed by atoms with Crippen LogP contribution in [0.3, 0.4) is 0 Å². The molecular formula is C19H12F3N3O2S2. The van der Waals surface area contributed by atoms with E-state index in [-0.39, 0.29) is 17.2 Å². The molecular weight excluding hydrogens is 423 g/mol. The van der Waals surface area contributed by atoms with Crippen LogP contribution in [-0.2, 0) is 6.61 Å². The zero-order valence-electron chi connectivity index (χ0n) is 14.8. The molecule has 0 atom stereocenters. The van der Waals surface area contributed by atoms with Crippen molar-refractivity contribution >= 4 is 22.7 Å². The number of ether oxygens (including phenoxy) is 1. The van der Waals surface area contributed by atoms with Gasteiger partial charge in [-0.1, -0.05) is 6.07 Å². The average Bonchev–Trinajstić information content (AvgIpc) is 3.35. The van der Waals surface area contributed by atoms with Gasteiger partial charge in [-0.25, -0.2) is 23.7 Å². The Labute approximate surface area is 171 Å². The summed E-state index contributed by atoms with van der Waals surface area (Å²) in [5.74, 6) is -5.11. The lowest BCUT2D eigenvalue weighted by Gasteiger charge is -2.03. The molecule has 4 aromatic rings. The van der Waals surface area contributed by atoms with Crippen molar-refractivity contribution < 1.29 is 23.0 Å². The molecule has 10 heteroatoms. The number of halogens is 3. The standard InChI is InChI=1S/C19H12F3N3O2S2/c1-9-18(29-14(24-9)7-27-13-4-2-3-5-23-13)12-8-28-19(25-12)10-6-11(20)17(26)16(22)15(10)21/h2-6,8,26H,7H2,1H3. The Balaban J connectivity index is 1.60. The molecule has 1 aromatic carbocycles. The fraction of sp³-hybridized carbons (Fsp3) is 0.105. The lowest BCUT2D eigenvalue weighted by molar-refractivity contribution is 0.293. The summed E-state index contributed by atoms with van der Waals surface area (Å²) in [6, 6.07) is 6.05. The van der Waals surface area contributed by atoms with E-state index in [1.54, 1.807) is 30.6 Å². The second-order valence-corrected chi connectivity index (χ2v) is 7.84. The van der Waals surface area contributed by atoms with Crippen LogP contribution in [0.25, 0.3) is 21.1 Å². The third-order valence-electron chi connectivity index (χ3n) is 3.92. The summed E-state index contributed by atoms with van der Waals surface area (Å²) in [4.78, 5) is 13.6. The fourth-order valence-electron chi connectivity index (χ4n) is 2.56. The smallest absolute Gasteiger partial charge is 0.213 e. The van der Waals surface area contributed by atoms with Crippen LogP contribution in [0.15, 0.2) is 35.8 Å². The largest absolute Gasteiger partial charge is 0.503 e. The molecule has 0 unspecified atom stereocenters. The number of aryl methyl sites for hydroxylation is 1. The second kappa shape index (κ2) is 7.80. The number of nitrogens with zero attached hydrogens (tertiary/aromatic N) is 3. The molecule has 4 rings (SSSR count). The van der Waals surface area contributed by atoms with E-state index < -0.39 is 23.2 Å². The van der Waals surface area contributed by atoms with Crippen molar-refractivity contribution in [3.63, 3.8) is 0 Å². The zero-order valence-corrected chi connectivity index (χ0v) is 16.5. The predicted molar refractivity (Wildman–Crippen MR) is 104 cm³/mol. The van der Waals surface area contributed by atoms with E-state index in [0.717, 1.165) is 22.3 Å². The van der Waals surface area contributed by atoms with Crippen molar-refractivity contribution in [1.29, 1.82) is 0 Å². The first-order valence-corrected chi connectivity index (χ1v) is 9.96. The Bertz CT molecular complexity index is 1180. The van der Waals surface area contributed by atoms with Gasteiger partial charge in [0.25, 0.3) is 0 Å². The molecule has 5 nitrogen and oxygen atoms in total. The van der Waals surface area contributed by atoms with Crippen LogP contribution in [0, 0.1) is 24.4 Å². The van der Waals surface area contributed by atoms with Gasteiger partial charge in [0.1, 0.15) is 16.6 Å². The lowest BCUT2D eigenvalue weighted by atomic mass is 10.2. The number of thiazole rings is 2. The van der Waals surface area contributed by atoms with Gasteiger partial charge in [-0.3, -0.25) is 0 Å². The minimum atomic E-state index is -1.64. The molecule has 0 aliphatic rings. The molecule has 0 aliphatic heterocycles. The Morgan fingerprint density at radius 1 is 1.14 bits per heavy atom. The van der Waals surface area contributed by atoms with Crippen LogP contribution in [0.5, 0.6) is 11.6 Å². The number of aromatic nitrogens is 3. The Kier molecular flexibility index (Phi) is 5.20. The molecule has 0 bridgehead atoms. The minimum absolute atomic E-state index is 0.0920. The summed E-state index contributed by atoms with van der Waals surface area (Å²) in [6.45, 7) is 2.03. The van der Waals surface area contributed by atoms with Gasteiger partial charge in [0.2, 0.25) is 11.7 Å². The molecule has 0 aliphatic carbocycles. The maximum absolute atomic E-state index is 14.1. The number of aromatic hydroxyl groups is 1. The molecule has 29 heavy (non-hydrogen) atoms. The number of benzene rings is 1. The van der Waals surface area contributed by atoms with Gasteiger partial charge in [0.15, 0.2) is 17.4 Å². The van der Waals surface area contributed by atoms with Gasteiger partial charge in [-0.2, -0.15) is 4.39 Å². The van der Waals surface area contributed by atoms with E-state index in [2.05, 4.69) is 15.0 Å². The summed E-state index contributed by atoms with van der Waals surface area (Å²) >= 11 is 2.39. The summed E-state index contributed by atoms with van der Waals surface area (Å²) in [6.07, 6.45) is 1.62. The van der Waals surface area contributed by atoms with Gasteiger partial charge in [-0.05, 0) is 19.1 Å². The van der Waals surface area contributed by atoms with Crippen molar-refractivity contribution in [2.75, 3.05) is 0 Å². The maximum atomic E-state index is 14.1. The highest BCUT2D eigenvalue weighted by Crippen LogP contribution is 2.37. The van der Waals surface area contributed by atoms with Crippen molar-refractivity contribution in [2.45, 2.75) is 13.5 Å². The molecule has 0 amide bonds. The molecule has 148 valence electrons. The van der Waals surface area contributed by atoms with Gasteiger partial charge < -0.3 is 9.84 Å². The molecule has 0 saturated carbocycles. The van der Waals surface area contributed by atoms with Crippen LogP contribution in [0.1, 0.15) is 10.7 Å². The SMILES string of the molecule is Cc1nc(COc2ccccn2)sc1-c1csc(-c2cc(F)c(O)c(F)c2F)n1. The first-order chi connectivity index (χ1) is 13.9. The van der Waals surface area contributed by atoms with E-state index in [9.17, 15) is 18.3 Å². The minimum Gasteiger partial charge on any atom is -0.503 e. The highest BCUT2D eigenvalue weighted by Gasteiger charge is 2.22. The van der Waals surface area contributed by atoms with Crippen LogP contribution in [0.2, 0.25) is 0 Å². The van der Waals surface area contributed by atoms with E-state index in [0.29, 0.717) is 22.3 Å². The molecule has 0 radical (unpaired) electrons. The topological polar surface area (TPSA) is 68.1 Å². The Morgan fingerprint density at radius 3 is 2.72 bits per heavy atom. The molecule has 3 heterocycles. The van der Waals surface area contributed by atoms with Crippen LogP contribution in [0.4, 0.5) is 13.2 Å². The third kappa shape index (κ3) is 3.81. The fourth-order valence-corrected chi connectivity index (χ4v) is 4.40. The normalized spacial score (nSPS) is 11.0. The maximum Gasteiger partial charge on any atom is 0.213 e. The number of hydrogen-bond donors (Lipinski definition) is 1. The van der Waals surface area contributed by atoms with Gasteiger partial charge >= 0.3 is 0 Å². The van der Waals surface area contributed by atoms with Crippen LogP contribution in [-0.4, -0.2) is 20.1 Å². The number of phenols is 1. The van der Waals surface area contributed by atoms with Crippen molar-refractivity contribution in [3.8, 4) is 32.8 Å². The summed E-state index contributed by atoms with van der Waals surface area (Å²) < 4.78 is 47.0. The van der Waals surface area contributed by atoms with Crippen LogP contribution >= 0.6 is 22.7 Å². The highest BCUT2D eigenvalue weighted by molar-refractivity contribution is 7.16. The molecule has 0 spiro atoms. The Morgan fingerprint density at radius 2 is 1.97 bits per heavy atom.